The average molecular weight is 326 g/mol. The predicted octanol–water partition coefficient (Wildman–Crippen LogP) is 2.43. The second kappa shape index (κ2) is 6.95. The lowest BCUT2D eigenvalue weighted by molar-refractivity contribution is -0.115. The van der Waals surface area contributed by atoms with Crippen LogP contribution in [-0.2, 0) is 11.3 Å². The highest BCUT2D eigenvalue weighted by molar-refractivity contribution is 7.99. The number of carbonyl (C=O) groups is 1. The third kappa shape index (κ3) is 3.77. The monoisotopic (exact) mass is 325 g/mol. The zero-order valence-corrected chi connectivity index (χ0v) is 13.2. The maximum absolute atomic E-state index is 12.6. The first-order valence-corrected chi connectivity index (χ1v) is 8.00. The molecule has 0 radical (unpaired) electrons. The molecular weight excluding hydrogens is 310 g/mol. The highest BCUT2D eigenvalue weighted by Gasteiger charge is 2.12. The molecule has 1 aromatic carbocycles. The Hall–Kier alpha value is -1.53. The lowest BCUT2D eigenvalue weighted by atomic mass is 10.2. The number of benzene rings is 1. The number of hydrogen-bond acceptors (Lipinski definition) is 4. The largest absolute Gasteiger partial charge is 0.369 e. The lowest BCUT2D eigenvalue weighted by Gasteiger charge is -2.12. The number of halogens is 1. The van der Waals surface area contributed by atoms with Gasteiger partial charge in [-0.15, -0.1) is 0 Å². The van der Waals surface area contributed by atoms with Crippen LogP contribution in [0.3, 0.4) is 0 Å². The Labute approximate surface area is 131 Å². The minimum Gasteiger partial charge on any atom is -0.369 e. The van der Waals surface area contributed by atoms with Crippen LogP contribution >= 0.6 is 23.4 Å². The summed E-state index contributed by atoms with van der Waals surface area (Å²) in [6, 6.07) is 5.00. The molecule has 2 rings (SSSR count). The number of primary amides is 1. The van der Waals surface area contributed by atoms with E-state index in [4.69, 9.17) is 17.3 Å². The number of rotatable bonds is 6. The summed E-state index contributed by atoms with van der Waals surface area (Å²) in [4.78, 5) is 28.0. The van der Waals surface area contributed by atoms with Crippen LogP contribution in [0.4, 0.5) is 0 Å². The van der Waals surface area contributed by atoms with Crippen LogP contribution < -0.4 is 11.3 Å². The number of unbranched alkanes of at least 4 members (excludes halogenated alkanes) is 1. The Morgan fingerprint density at radius 3 is 2.90 bits per heavy atom. The first-order valence-electron chi connectivity index (χ1n) is 6.64. The van der Waals surface area contributed by atoms with Crippen molar-refractivity contribution < 1.29 is 4.79 Å². The van der Waals surface area contributed by atoms with Crippen LogP contribution in [0.1, 0.15) is 19.8 Å². The van der Waals surface area contributed by atoms with Gasteiger partial charge < -0.3 is 5.73 Å². The van der Waals surface area contributed by atoms with Crippen molar-refractivity contribution in [2.45, 2.75) is 31.5 Å². The minimum absolute atomic E-state index is 0.0879. The number of aromatic nitrogens is 2. The van der Waals surface area contributed by atoms with Crippen LogP contribution in [0.25, 0.3) is 10.9 Å². The van der Waals surface area contributed by atoms with Gasteiger partial charge in [0.05, 0.1) is 16.7 Å². The molecule has 0 unspecified atom stereocenters. The van der Waals surface area contributed by atoms with Crippen molar-refractivity contribution in [2.75, 3.05) is 5.75 Å². The van der Waals surface area contributed by atoms with Crippen molar-refractivity contribution in [3.05, 3.63) is 33.6 Å². The highest BCUT2D eigenvalue weighted by atomic mass is 35.5. The molecule has 0 aliphatic carbocycles. The second-order valence-corrected chi connectivity index (χ2v) is 6.00. The molecule has 0 bridgehead atoms. The fraction of sp³-hybridized carbons (Fsp3) is 0.357. The number of amides is 1. The van der Waals surface area contributed by atoms with Gasteiger partial charge in [-0.05, 0) is 24.6 Å². The molecule has 0 aliphatic rings. The minimum atomic E-state index is -0.442. The maximum Gasteiger partial charge on any atom is 0.262 e. The Balaban J connectivity index is 2.55. The fourth-order valence-corrected chi connectivity index (χ4v) is 2.86. The Morgan fingerprint density at radius 2 is 2.24 bits per heavy atom. The highest BCUT2D eigenvalue weighted by Crippen LogP contribution is 2.20. The molecule has 5 nitrogen and oxygen atoms in total. The van der Waals surface area contributed by atoms with Crippen molar-refractivity contribution in [1.82, 2.24) is 9.55 Å². The third-order valence-corrected chi connectivity index (χ3v) is 4.19. The van der Waals surface area contributed by atoms with E-state index in [9.17, 15) is 9.59 Å². The van der Waals surface area contributed by atoms with Gasteiger partial charge in [-0.2, -0.15) is 0 Å². The van der Waals surface area contributed by atoms with Gasteiger partial charge >= 0.3 is 0 Å². The summed E-state index contributed by atoms with van der Waals surface area (Å²) < 4.78 is 1.60. The van der Waals surface area contributed by atoms with Gasteiger partial charge in [0.25, 0.3) is 5.56 Å². The van der Waals surface area contributed by atoms with Gasteiger partial charge in [0.15, 0.2) is 5.16 Å². The molecule has 0 saturated heterocycles. The van der Waals surface area contributed by atoms with E-state index in [1.54, 1.807) is 22.8 Å². The van der Waals surface area contributed by atoms with Crippen molar-refractivity contribution in [3.8, 4) is 0 Å². The van der Waals surface area contributed by atoms with Crippen molar-refractivity contribution >= 4 is 40.2 Å². The normalized spacial score (nSPS) is 11.0. The van der Waals surface area contributed by atoms with E-state index in [1.807, 2.05) is 0 Å². The van der Waals surface area contributed by atoms with Crippen molar-refractivity contribution in [1.29, 1.82) is 0 Å². The average Bonchev–Trinajstić information content (AvgIpc) is 2.44. The maximum atomic E-state index is 12.6. The van der Waals surface area contributed by atoms with Gasteiger partial charge in [0, 0.05) is 11.6 Å². The smallest absolute Gasteiger partial charge is 0.262 e. The third-order valence-electron chi connectivity index (χ3n) is 2.96. The van der Waals surface area contributed by atoms with Crippen LogP contribution in [-0.4, -0.2) is 21.2 Å². The summed E-state index contributed by atoms with van der Waals surface area (Å²) in [6.07, 6.45) is 1.83. The molecular formula is C14H16ClN3O2S. The van der Waals surface area contributed by atoms with E-state index in [0.29, 0.717) is 27.6 Å². The summed E-state index contributed by atoms with van der Waals surface area (Å²) in [5.41, 5.74) is 5.59. The van der Waals surface area contributed by atoms with E-state index in [1.165, 1.54) is 11.8 Å². The molecule has 1 aromatic heterocycles. The van der Waals surface area contributed by atoms with E-state index < -0.39 is 5.91 Å². The molecule has 7 heteroatoms. The van der Waals surface area contributed by atoms with E-state index in [0.717, 1.165) is 12.8 Å². The first kappa shape index (κ1) is 15.9. The van der Waals surface area contributed by atoms with Gasteiger partial charge in [-0.25, -0.2) is 4.98 Å². The molecule has 2 N–H and O–H groups in total. The van der Waals surface area contributed by atoms with E-state index in [2.05, 4.69) is 11.9 Å². The number of hydrogen-bond donors (Lipinski definition) is 1. The number of thioether (sulfide) groups is 1. The topological polar surface area (TPSA) is 78.0 Å². The molecule has 2 aromatic rings. The Kier molecular flexibility index (Phi) is 5.25. The molecule has 0 spiro atoms. The summed E-state index contributed by atoms with van der Waals surface area (Å²) in [5, 5.41) is 1.55. The molecule has 0 aliphatic heterocycles. The standard InChI is InChI=1S/C14H16ClN3O2S/c1-2-3-6-18-13(20)10-5-4-9(15)7-11(10)17-14(18)21-8-12(16)19/h4-5,7H,2-3,6,8H2,1H3,(H2,16,19). The molecule has 21 heavy (non-hydrogen) atoms. The molecule has 0 saturated carbocycles. The summed E-state index contributed by atoms with van der Waals surface area (Å²) in [5.74, 6) is -0.354. The van der Waals surface area contributed by atoms with Gasteiger partial charge in [-0.3, -0.25) is 14.2 Å². The van der Waals surface area contributed by atoms with Crippen LogP contribution in [0.2, 0.25) is 5.02 Å². The van der Waals surface area contributed by atoms with Crippen molar-refractivity contribution in [2.24, 2.45) is 5.73 Å². The van der Waals surface area contributed by atoms with Gasteiger partial charge in [0.2, 0.25) is 5.91 Å². The van der Waals surface area contributed by atoms with Crippen LogP contribution in [0.5, 0.6) is 0 Å². The van der Waals surface area contributed by atoms with Crippen LogP contribution in [0, 0.1) is 0 Å². The number of nitrogens with two attached hydrogens (primary N) is 1. The summed E-state index contributed by atoms with van der Waals surface area (Å²) in [6.45, 7) is 2.62. The molecule has 0 atom stereocenters. The molecule has 1 heterocycles. The first-order chi connectivity index (χ1) is 10.0. The SMILES string of the molecule is CCCCn1c(SCC(N)=O)nc2cc(Cl)ccc2c1=O. The van der Waals surface area contributed by atoms with E-state index in [-0.39, 0.29) is 11.3 Å². The van der Waals surface area contributed by atoms with Gasteiger partial charge in [-0.1, -0.05) is 36.7 Å². The lowest BCUT2D eigenvalue weighted by Crippen LogP contribution is -2.24. The molecule has 0 fully saturated rings. The van der Waals surface area contributed by atoms with Crippen molar-refractivity contribution in [3.63, 3.8) is 0 Å². The quantitative estimate of drug-likeness (QED) is 0.653. The zero-order valence-electron chi connectivity index (χ0n) is 11.6. The predicted molar refractivity (Wildman–Crippen MR) is 85.8 cm³/mol. The molecule has 112 valence electrons. The van der Waals surface area contributed by atoms with E-state index >= 15 is 0 Å². The fourth-order valence-electron chi connectivity index (χ4n) is 1.93. The molecule has 1 amide bonds. The number of nitrogens with zero attached hydrogens (tertiary/aromatic N) is 2. The summed E-state index contributed by atoms with van der Waals surface area (Å²) >= 11 is 7.12. The Bertz CT molecular complexity index is 730. The van der Waals surface area contributed by atoms with Gasteiger partial charge in [0.1, 0.15) is 0 Å². The Morgan fingerprint density at radius 1 is 1.48 bits per heavy atom. The van der Waals surface area contributed by atoms with Crippen LogP contribution in [0.15, 0.2) is 28.2 Å². The second-order valence-electron chi connectivity index (χ2n) is 4.62. The summed E-state index contributed by atoms with van der Waals surface area (Å²) in [7, 11) is 0. The number of fused-ring (bicyclic) bond motifs is 1. The number of carbonyl (C=O) groups excluding carboxylic acids is 1. The zero-order chi connectivity index (χ0) is 15.4.